The van der Waals surface area contributed by atoms with E-state index in [1.807, 2.05) is 12.4 Å². The summed E-state index contributed by atoms with van der Waals surface area (Å²) in [6.45, 7) is 7.87. The van der Waals surface area contributed by atoms with Gasteiger partial charge in [-0.1, -0.05) is 6.92 Å². The zero-order valence-corrected chi connectivity index (χ0v) is 12.2. The van der Waals surface area contributed by atoms with E-state index >= 15 is 0 Å². The normalized spacial score (nSPS) is 17.7. The van der Waals surface area contributed by atoms with Gasteiger partial charge in [0.2, 0.25) is 0 Å². The average Bonchev–Trinajstić information content (AvgIpc) is 2.74. The molecule has 0 spiro atoms. The molecule has 18 heavy (non-hydrogen) atoms. The van der Waals surface area contributed by atoms with E-state index < -0.39 is 0 Å². The van der Waals surface area contributed by atoms with E-state index in [0.717, 1.165) is 19.0 Å². The van der Waals surface area contributed by atoms with Crippen molar-refractivity contribution >= 4 is 12.4 Å². The van der Waals surface area contributed by atoms with Crippen molar-refractivity contribution < 1.29 is 0 Å². The number of piperidine rings is 1. The van der Waals surface area contributed by atoms with E-state index in [1.165, 1.54) is 38.3 Å². The quantitative estimate of drug-likeness (QED) is 0.885. The lowest BCUT2D eigenvalue weighted by Gasteiger charge is -2.31. The van der Waals surface area contributed by atoms with Crippen molar-refractivity contribution in [2.75, 3.05) is 26.2 Å². The molecule has 4 nitrogen and oxygen atoms in total. The Kier molecular flexibility index (Phi) is 6.68. The number of nitrogens with one attached hydrogen (secondary N) is 1. The average molecular weight is 273 g/mol. The molecule has 1 aliphatic heterocycles. The Hall–Kier alpha value is -0.580. The van der Waals surface area contributed by atoms with Gasteiger partial charge in [-0.25, -0.2) is 4.98 Å². The summed E-state index contributed by atoms with van der Waals surface area (Å²) in [5.41, 5.74) is 0. The van der Waals surface area contributed by atoms with Crippen LogP contribution in [-0.2, 0) is 13.6 Å². The highest BCUT2D eigenvalue weighted by Crippen LogP contribution is 2.17. The highest BCUT2D eigenvalue weighted by molar-refractivity contribution is 5.85. The standard InChI is InChI=1S/C13H24N4.ClH/c1-3-14-10-12-4-7-17(8-5-12)11-13-15-6-9-16(13)2;/h6,9,12,14H,3-5,7-8,10-11H2,1-2H3;1H. The number of halogens is 1. The van der Waals surface area contributed by atoms with Gasteiger partial charge in [0.25, 0.3) is 0 Å². The fraction of sp³-hybridized carbons (Fsp3) is 0.769. The van der Waals surface area contributed by atoms with Crippen molar-refractivity contribution in [3.63, 3.8) is 0 Å². The largest absolute Gasteiger partial charge is 0.337 e. The van der Waals surface area contributed by atoms with Gasteiger partial charge in [-0.05, 0) is 44.9 Å². The van der Waals surface area contributed by atoms with Crippen LogP contribution in [0.2, 0.25) is 0 Å². The van der Waals surface area contributed by atoms with Crippen molar-refractivity contribution in [3.05, 3.63) is 18.2 Å². The molecule has 5 heteroatoms. The molecule has 1 fully saturated rings. The summed E-state index contributed by atoms with van der Waals surface area (Å²) in [6.07, 6.45) is 6.54. The highest BCUT2D eigenvalue weighted by Gasteiger charge is 2.19. The van der Waals surface area contributed by atoms with Crippen molar-refractivity contribution in [3.8, 4) is 0 Å². The minimum Gasteiger partial charge on any atom is -0.337 e. The van der Waals surface area contributed by atoms with E-state index in [4.69, 9.17) is 0 Å². The van der Waals surface area contributed by atoms with Crippen LogP contribution in [0.15, 0.2) is 12.4 Å². The van der Waals surface area contributed by atoms with Crippen molar-refractivity contribution in [1.82, 2.24) is 19.8 Å². The molecule has 1 saturated heterocycles. The van der Waals surface area contributed by atoms with Crippen LogP contribution >= 0.6 is 12.4 Å². The van der Waals surface area contributed by atoms with Gasteiger partial charge < -0.3 is 9.88 Å². The van der Waals surface area contributed by atoms with E-state index in [0.29, 0.717) is 0 Å². The third-order valence-corrected chi connectivity index (χ3v) is 3.68. The molecule has 2 heterocycles. The topological polar surface area (TPSA) is 33.1 Å². The van der Waals surface area contributed by atoms with Crippen LogP contribution in [0.25, 0.3) is 0 Å². The van der Waals surface area contributed by atoms with Crippen molar-refractivity contribution in [2.45, 2.75) is 26.3 Å². The molecule has 0 saturated carbocycles. The summed E-state index contributed by atoms with van der Waals surface area (Å²) in [5.74, 6) is 2.04. The van der Waals surface area contributed by atoms with Gasteiger partial charge in [0.05, 0.1) is 6.54 Å². The van der Waals surface area contributed by atoms with Crippen molar-refractivity contribution in [1.29, 1.82) is 0 Å². The molecule has 104 valence electrons. The Morgan fingerprint density at radius 3 is 2.67 bits per heavy atom. The fourth-order valence-electron chi connectivity index (χ4n) is 2.45. The van der Waals surface area contributed by atoms with Crippen LogP contribution in [0.3, 0.4) is 0 Å². The molecular weight excluding hydrogens is 248 g/mol. The Morgan fingerprint density at radius 1 is 1.39 bits per heavy atom. The highest BCUT2D eigenvalue weighted by atomic mass is 35.5. The molecule has 0 unspecified atom stereocenters. The summed E-state index contributed by atoms with van der Waals surface area (Å²) >= 11 is 0. The summed E-state index contributed by atoms with van der Waals surface area (Å²) in [6, 6.07) is 0. The van der Waals surface area contributed by atoms with E-state index in [2.05, 4.69) is 33.7 Å². The van der Waals surface area contributed by atoms with Gasteiger partial charge >= 0.3 is 0 Å². The Bertz CT molecular complexity index is 331. The number of nitrogens with zero attached hydrogens (tertiary/aromatic N) is 3. The first kappa shape index (κ1) is 15.5. The van der Waals surface area contributed by atoms with Gasteiger partial charge in [-0.2, -0.15) is 0 Å². The number of likely N-dealkylation sites (tertiary alicyclic amines) is 1. The number of rotatable bonds is 5. The zero-order chi connectivity index (χ0) is 12.1. The summed E-state index contributed by atoms with van der Waals surface area (Å²) < 4.78 is 2.12. The van der Waals surface area contributed by atoms with Crippen LogP contribution < -0.4 is 5.32 Å². The lowest BCUT2D eigenvalue weighted by atomic mass is 9.97. The molecule has 0 amide bonds. The summed E-state index contributed by atoms with van der Waals surface area (Å²) in [4.78, 5) is 6.91. The van der Waals surface area contributed by atoms with Gasteiger partial charge in [0.15, 0.2) is 0 Å². The number of hydrogen-bond donors (Lipinski definition) is 1. The number of imidazole rings is 1. The zero-order valence-electron chi connectivity index (χ0n) is 11.4. The van der Waals surface area contributed by atoms with Crippen molar-refractivity contribution in [2.24, 2.45) is 13.0 Å². The lowest BCUT2D eigenvalue weighted by molar-refractivity contribution is 0.171. The molecule has 1 aliphatic rings. The second kappa shape index (κ2) is 7.77. The third-order valence-electron chi connectivity index (χ3n) is 3.68. The van der Waals surface area contributed by atoms with Gasteiger partial charge in [-0.3, -0.25) is 4.90 Å². The molecule has 0 bridgehead atoms. The molecule has 0 aliphatic carbocycles. The smallest absolute Gasteiger partial charge is 0.122 e. The first-order chi connectivity index (χ1) is 8.29. The van der Waals surface area contributed by atoms with Gasteiger partial charge in [-0.15, -0.1) is 12.4 Å². The second-order valence-electron chi connectivity index (χ2n) is 4.98. The van der Waals surface area contributed by atoms with Crippen LogP contribution in [-0.4, -0.2) is 40.6 Å². The Balaban J connectivity index is 0.00000162. The molecule has 1 aromatic heterocycles. The predicted molar refractivity (Wildman–Crippen MR) is 77.0 cm³/mol. The first-order valence-electron chi connectivity index (χ1n) is 6.69. The molecule has 0 aromatic carbocycles. The maximum absolute atomic E-state index is 4.39. The fourth-order valence-corrected chi connectivity index (χ4v) is 2.45. The van der Waals surface area contributed by atoms with Gasteiger partial charge in [0, 0.05) is 19.4 Å². The number of hydrogen-bond acceptors (Lipinski definition) is 3. The van der Waals surface area contributed by atoms with Crippen LogP contribution in [0.4, 0.5) is 0 Å². The summed E-state index contributed by atoms with van der Waals surface area (Å²) in [5, 5.41) is 3.45. The van der Waals surface area contributed by atoms with E-state index in [-0.39, 0.29) is 12.4 Å². The monoisotopic (exact) mass is 272 g/mol. The third kappa shape index (κ3) is 4.26. The molecule has 0 atom stereocenters. The van der Waals surface area contributed by atoms with E-state index in [1.54, 1.807) is 0 Å². The maximum Gasteiger partial charge on any atom is 0.122 e. The SMILES string of the molecule is CCNCC1CCN(Cc2nccn2C)CC1.Cl. The molecule has 0 radical (unpaired) electrons. The minimum atomic E-state index is 0. The Labute approximate surface area is 116 Å². The van der Waals surface area contributed by atoms with Gasteiger partial charge in [0.1, 0.15) is 5.82 Å². The van der Waals surface area contributed by atoms with Crippen LogP contribution in [0.1, 0.15) is 25.6 Å². The summed E-state index contributed by atoms with van der Waals surface area (Å²) in [7, 11) is 2.07. The molecule has 1 aromatic rings. The first-order valence-corrected chi connectivity index (χ1v) is 6.69. The second-order valence-corrected chi connectivity index (χ2v) is 4.98. The maximum atomic E-state index is 4.39. The van der Waals surface area contributed by atoms with Crippen LogP contribution in [0.5, 0.6) is 0 Å². The molecule has 2 rings (SSSR count). The minimum absolute atomic E-state index is 0. The predicted octanol–water partition coefficient (Wildman–Crippen LogP) is 1.66. The molecular formula is C13H25ClN4. The lowest BCUT2D eigenvalue weighted by Crippen LogP contribution is -2.37. The number of aryl methyl sites for hydroxylation is 1. The number of aromatic nitrogens is 2. The molecule has 1 N–H and O–H groups in total. The Morgan fingerprint density at radius 2 is 2.11 bits per heavy atom. The van der Waals surface area contributed by atoms with E-state index in [9.17, 15) is 0 Å². The van der Waals surface area contributed by atoms with Crippen LogP contribution in [0, 0.1) is 5.92 Å².